The molecule has 3 heterocycles. The second-order valence-corrected chi connectivity index (χ2v) is 5.77. The van der Waals surface area contributed by atoms with Crippen LogP contribution in [0.15, 0.2) is 0 Å². The summed E-state index contributed by atoms with van der Waals surface area (Å²) in [5.41, 5.74) is 0. The van der Waals surface area contributed by atoms with Crippen LogP contribution in [0.3, 0.4) is 0 Å². The fourth-order valence-electron chi connectivity index (χ4n) is 3.52. The van der Waals surface area contributed by atoms with Crippen molar-refractivity contribution in [2.75, 3.05) is 32.7 Å². The zero-order valence-corrected chi connectivity index (χ0v) is 10.9. The second-order valence-electron chi connectivity index (χ2n) is 5.77. The molecule has 3 rings (SSSR count). The highest BCUT2D eigenvalue weighted by atomic mass is 16.6. The van der Waals surface area contributed by atoms with E-state index in [1.807, 2.05) is 0 Å². The van der Waals surface area contributed by atoms with Crippen molar-refractivity contribution in [2.24, 2.45) is 5.92 Å². The summed E-state index contributed by atoms with van der Waals surface area (Å²) in [5.74, 6) is 0.784. The number of piperidine rings is 1. The van der Waals surface area contributed by atoms with Gasteiger partial charge in [-0.2, -0.15) is 0 Å². The Balaban J connectivity index is 1.49. The molecule has 0 bridgehead atoms. The van der Waals surface area contributed by atoms with Crippen molar-refractivity contribution in [2.45, 2.75) is 37.8 Å². The molecule has 3 atom stereocenters. The summed E-state index contributed by atoms with van der Waals surface area (Å²) in [6.45, 7) is 5.05. The molecule has 0 radical (unpaired) electrons. The Labute approximate surface area is 108 Å². The normalized spacial score (nSPS) is 37.6. The summed E-state index contributed by atoms with van der Waals surface area (Å²) >= 11 is 0. The van der Waals surface area contributed by atoms with Crippen LogP contribution in [0.25, 0.3) is 0 Å². The summed E-state index contributed by atoms with van der Waals surface area (Å²) in [6.07, 6.45) is 5.07. The molecule has 2 N–H and O–H groups in total. The van der Waals surface area contributed by atoms with Crippen molar-refractivity contribution in [3.05, 3.63) is 0 Å². The fourth-order valence-corrected chi connectivity index (χ4v) is 3.52. The molecule has 1 amide bonds. The van der Waals surface area contributed by atoms with Gasteiger partial charge in [-0.3, -0.25) is 4.90 Å². The maximum Gasteiger partial charge on any atom is 0.407 e. The van der Waals surface area contributed by atoms with E-state index in [1.54, 1.807) is 0 Å². The van der Waals surface area contributed by atoms with E-state index >= 15 is 0 Å². The lowest BCUT2D eigenvalue weighted by atomic mass is 9.89. The first-order valence-corrected chi connectivity index (χ1v) is 7.21. The zero-order valence-electron chi connectivity index (χ0n) is 10.9. The van der Waals surface area contributed by atoms with Crippen molar-refractivity contribution in [3.8, 4) is 0 Å². The van der Waals surface area contributed by atoms with Gasteiger partial charge in [0.1, 0.15) is 6.10 Å². The number of amides is 1. The largest absolute Gasteiger partial charge is 0.443 e. The first-order valence-electron chi connectivity index (χ1n) is 7.21. The molecular weight excluding hydrogens is 230 g/mol. The highest BCUT2D eigenvalue weighted by Crippen LogP contribution is 2.25. The summed E-state index contributed by atoms with van der Waals surface area (Å²) < 4.78 is 5.22. The Morgan fingerprint density at radius 3 is 3.00 bits per heavy atom. The Morgan fingerprint density at radius 2 is 2.28 bits per heavy atom. The van der Waals surface area contributed by atoms with Crippen molar-refractivity contribution >= 4 is 6.09 Å². The van der Waals surface area contributed by atoms with E-state index in [-0.39, 0.29) is 12.2 Å². The monoisotopic (exact) mass is 253 g/mol. The first-order chi connectivity index (χ1) is 8.81. The maximum atomic E-state index is 11.0. The molecule has 0 aromatic heterocycles. The van der Waals surface area contributed by atoms with E-state index in [0.717, 1.165) is 31.6 Å². The third-order valence-electron chi connectivity index (χ3n) is 4.42. The number of nitrogens with zero attached hydrogens (tertiary/aromatic N) is 1. The lowest BCUT2D eigenvalue weighted by molar-refractivity contribution is 0.0812. The molecule has 0 spiro atoms. The number of nitrogens with one attached hydrogen (secondary N) is 2. The van der Waals surface area contributed by atoms with E-state index in [4.69, 9.17) is 4.74 Å². The van der Waals surface area contributed by atoms with Gasteiger partial charge >= 0.3 is 6.09 Å². The van der Waals surface area contributed by atoms with Crippen LogP contribution in [-0.2, 0) is 4.74 Å². The minimum Gasteiger partial charge on any atom is -0.443 e. The number of hydrogen-bond acceptors (Lipinski definition) is 4. The Morgan fingerprint density at radius 1 is 1.33 bits per heavy atom. The molecule has 102 valence electrons. The van der Waals surface area contributed by atoms with Gasteiger partial charge in [0, 0.05) is 19.1 Å². The quantitative estimate of drug-likeness (QED) is 0.771. The molecule has 5 heteroatoms. The molecule has 0 saturated carbocycles. The van der Waals surface area contributed by atoms with Crippen LogP contribution in [0.2, 0.25) is 0 Å². The smallest absolute Gasteiger partial charge is 0.407 e. The predicted octanol–water partition coefficient (Wildman–Crippen LogP) is 0.559. The molecular formula is C13H23N3O2. The number of alkyl carbamates (subject to hydrolysis) is 1. The molecule has 0 aromatic carbocycles. The van der Waals surface area contributed by atoms with Crippen molar-refractivity contribution < 1.29 is 9.53 Å². The van der Waals surface area contributed by atoms with Crippen LogP contribution in [-0.4, -0.2) is 55.9 Å². The topological polar surface area (TPSA) is 53.6 Å². The van der Waals surface area contributed by atoms with Crippen molar-refractivity contribution in [1.82, 2.24) is 15.5 Å². The second kappa shape index (κ2) is 5.45. The third kappa shape index (κ3) is 2.78. The van der Waals surface area contributed by atoms with E-state index in [1.165, 1.54) is 32.2 Å². The van der Waals surface area contributed by atoms with E-state index in [2.05, 4.69) is 15.5 Å². The molecule has 5 nitrogen and oxygen atoms in total. The Kier molecular flexibility index (Phi) is 3.70. The summed E-state index contributed by atoms with van der Waals surface area (Å²) in [6, 6.07) is 0.719. The van der Waals surface area contributed by atoms with Gasteiger partial charge in [-0.05, 0) is 44.7 Å². The summed E-state index contributed by atoms with van der Waals surface area (Å²) in [7, 11) is 0. The lowest BCUT2D eigenvalue weighted by Crippen LogP contribution is -2.46. The summed E-state index contributed by atoms with van der Waals surface area (Å²) in [5, 5.41) is 6.35. The number of ether oxygens (including phenoxy) is 1. The highest BCUT2D eigenvalue weighted by Gasteiger charge is 2.31. The summed E-state index contributed by atoms with van der Waals surface area (Å²) in [4.78, 5) is 13.5. The van der Waals surface area contributed by atoms with Gasteiger partial charge in [0.15, 0.2) is 0 Å². The van der Waals surface area contributed by atoms with Gasteiger partial charge in [0.2, 0.25) is 0 Å². The molecule has 3 unspecified atom stereocenters. The molecule has 3 saturated heterocycles. The van der Waals surface area contributed by atoms with Gasteiger partial charge in [-0.1, -0.05) is 0 Å². The Bertz CT molecular complexity index is 305. The van der Waals surface area contributed by atoms with Crippen LogP contribution in [0.5, 0.6) is 0 Å². The molecule has 3 fully saturated rings. The van der Waals surface area contributed by atoms with Gasteiger partial charge in [0.05, 0.1) is 6.54 Å². The van der Waals surface area contributed by atoms with Crippen LogP contribution < -0.4 is 10.6 Å². The number of carbonyl (C=O) groups excluding carboxylic acids is 1. The average molecular weight is 253 g/mol. The number of hydrogen-bond donors (Lipinski definition) is 2. The molecule has 0 aromatic rings. The SMILES string of the molecule is O=C1NCC(CN2CCCC(C3CCCN3)C2)O1. The van der Waals surface area contributed by atoms with E-state index in [0.29, 0.717) is 6.54 Å². The number of rotatable bonds is 3. The van der Waals surface area contributed by atoms with Crippen LogP contribution >= 0.6 is 0 Å². The lowest BCUT2D eigenvalue weighted by Gasteiger charge is -2.36. The van der Waals surface area contributed by atoms with Gasteiger partial charge in [-0.25, -0.2) is 4.79 Å². The fraction of sp³-hybridized carbons (Fsp3) is 0.923. The zero-order chi connectivity index (χ0) is 12.4. The van der Waals surface area contributed by atoms with Crippen molar-refractivity contribution in [1.29, 1.82) is 0 Å². The molecule has 0 aliphatic carbocycles. The average Bonchev–Trinajstić information content (AvgIpc) is 3.01. The molecule has 18 heavy (non-hydrogen) atoms. The minimum absolute atomic E-state index is 0.0489. The number of likely N-dealkylation sites (tertiary alicyclic amines) is 1. The van der Waals surface area contributed by atoms with Crippen LogP contribution in [0.1, 0.15) is 25.7 Å². The van der Waals surface area contributed by atoms with Crippen LogP contribution in [0, 0.1) is 5.92 Å². The predicted molar refractivity (Wildman–Crippen MR) is 68.5 cm³/mol. The maximum absolute atomic E-state index is 11.0. The Hall–Kier alpha value is -0.810. The van der Waals surface area contributed by atoms with Crippen LogP contribution in [0.4, 0.5) is 4.79 Å². The number of cyclic esters (lactones) is 1. The van der Waals surface area contributed by atoms with Gasteiger partial charge in [0.25, 0.3) is 0 Å². The molecule has 3 aliphatic heterocycles. The van der Waals surface area contributed by atoms with Gasteiger partial charge < -0.3 is 15.4 Å². The van der Waals surface area contributed by atoms with Gasteiger partial charge in [-0.15, -0.1) is 0 Å². The van der Waals surface area contributed by atoms with E-state index in [9.17, 15) is 4.79 Å². The standard InChI is InChI=1S/C13H23N3O2/c17-13-15-7-11(18-13)9-16-6-2-3-10(8-16)12-4-1-5-14-12/h10-12,14H,1-9H2,(H,15,17). The van der Waals surface area contributed by atoms with E-state index < -0.39 is 0 Å². The number of carbonyl (C=O) groups is 1. The first kappa shape index (κ1) is 12.2. The third-order valence-corrected chi connectivity index (χ3v) is 4.42. The highest BCUT2D eigenvalue weighted by molar-refractivity contribution is 5.69. The minimum atomic E-state index is -0.258. The molecule has 3 aliphatic rings. The van der Waals surface area contributed by atoms with Crippen molar-refractivity contribution in [3.63, 3.8) is 0 Å².